The Labute approximate surface area is 223 Å². The van der Waals surface area contributed by atoms with E-state index >= 15 is 0 Å². The van der Waals surface area contributed by atoms with Gasteiger partial charge in [-0.3, -0.25) is 0 Å². The molecule has 5 rings (SSSR count). The van der Waals surface area contributed by atoms with Crippen molar-refractivity contribution in [2.24, 2.45) is 0 Å². The maximum absolute atomic E-state index is 10.7. The zero-order valence-electron chi connectivity index (χ0n) is 19.1. The molecule has 2 bridgehead atoms. The summed E-state index contributed by atoms with van der Waals surface area (Å²) in [5.41, 5.74) is 0.872. The van der Waals surface area contributed by atoms with Gasteiger partial charge < -0.3 is 28.8 Å². The third-order valence-corrected chi connectivity index (χ3v) is 6.51. The molecule has 2 heterocycles. The smallest absolute Gasteiger partial charge is 0.143 e. The molecule has 3 aromatic rings. The van der Waals surface area contributed by atoms with Crippen LogP contribution in [0.2, 0.25) is 0 Å². The first-order valence-corrected chi connectivity index (χ1v) is 10.9. The molecule has 1 N–H and O–H groups in total. The minimum Gasteiger partial charge on any atom is -0.540 e. The van der Waals surface area contributed by atoms with Crippen molar-refractivity contribution in [3.8, 4) is 11.5 Å². The second kappa shape index (κ2) is 10.4. The van der Waals surface area contributed by atoms with Gasteiger partial charge in [-0.2, -0.15) is 6.61 Å². The Hall–Kier alpha value is -1.85. The molecule has 0 saturated carbocycles. The molecule has 34 heavy (non-hydrogen) atoms. The van der Waals surface area contributed by atoms with E-state index in [9.17, 15) is 5.11 Å². The Morgan fingerprint density at radius 3 is 1.82 bits per heavy atom. The SMILES string of the molecule is COc1ccc(C(OC[C@@]23COC([CH-]O2)[C@H]3O)(c2ccccc2)c2ccc(OC)cc2)cc1.[U]. The van der Waals surface area contributed by atoms with Crippen molar-refractivity contribution in [3.05, 3.63) is 102 Å². The quantitative estimate of drug-likeness (QED) is 0.289. The molecule has 0 aliphatic carbocycles. The number of rotatable bonds is 8. The molecule has 0 amide bonds. The summed E-state index contributed by atoms with van der Waals surface area (Å²) < 4.78 is 29.1. The molecule has 2 aliphatic heterocycles. The number of aliphatic hydroxyl groups excluding tert-OH is 1. The van der Waals surface area contributed by atoms with E-state index in [2.05, 4.69) is 0 Å². The maximum Gasteiger partial charge on any atom is 0.143 e. The van der Waals surface area contributed by atoms with E-state index in [4.69, 9.17) is 23.7 Å². The average Bonchev–Trinajstić information content (AvgIpc) is 3.37. The molecular weight excluding hydrogens is 658 g/mol. The van der Waals surface area contributed by atoms with E-state index in [0.717, 1.165) is 28.2 Å². The standard InChI is InChI=1S/C27H27O6.U/c1-29-22-12-8-20(9-13-22)27(19-6-4-3-5-7-19,21-10-14-23(30-2)15-11-21)33-18-26-17-31-24(16-32-26)25(26)28;/h3-16,24-25,28H,17-18H2,1-2H3;/q-1;/t24?,25-,26-;/m1./s1. The molecule has 2 aliphatic rings. The Morgan fingerprint density at radius 2 is 1.41 bits per heavy atom. The van der Waals surface area contributed by atoms with Crippen molar-refractivity contribution in [1.82, 2.24) is 0 Å². The van der Waals surface area contributed by atoms with E-state index in [0.29, 0.717) is 0 Å². The van der Waals surface area contributed by atoms with Crippen molar-refractivity contribution in [2.45, 2.75) is 23.4 Å². The first-order valence-electron chi connectivity index (χ1n) is 10.9. The van der Waals surface area contributed by atoms with Crippen LogP contribution in [0.5, 0.6) is 11.5 Å². The molecule has 3 aromatic carbocycles. The van der Waals surface area contributed by atoms with Gasteiger partial charge in [0.1, 0.15) is 22.7 Å². The molecule has 0 aromatic heterocycles. The van der Waals surface area contributed by atoms with Gasteiger partial charge in [0.05, 0.1) is 33.5 Å². The van der Waals surface area contributed by atoms with Crippen LogP contribution < -0.4 is 9.47 Å². The topological polar surface area (TPSA) is 66.4 Å². The van der Waals surface area contributed by atoms with Crippen molar-refractivity contribution in [1.29, 1.82) is 0 Å². The second-order valence-electron chi connectivity index (χ2n) is 8.33. The van der Waals surface area contributed by atoms with Crippen molar-refractivity contribution < 1.29 is 59.9 Å². The molecule has 2 saturated heterocycles. The van der Waals surface area contributed by atoms with Crippen LogP contribution in [0.25, 0.3) is 0 Å². The van der Waals surface area contributed by atoms with Crippen LogP contribution in [0.15, 0.2) is 78.9 Å². The van der Waals surface area contributed by atoms with Gasteiger partial charge in [0.15, 0.2) is 0 Å². The first kappa shape index (κ1) is 25.3. The number of hydrogen-bond acceptors (Lipinski definition) is 6. The predicted octanol–water partition coefficient (Wildman–Crippen LogP) is 3.70. The molecule has 2 fully saturated rings. The summed E-state index contributed by atoms with van der Waals surface area (Å²) in [6.45, 7) is 1.96. The summed E-state index contributed by atoms with van der Waals surface area (Å²) in [4.78, 5) is 0. The van der Waals surface area contributed by atoms with Gasteiger partial charge in [0, 0.05) is 31.1 Å². The molecular formula is C27H27O6U-. The van der Waals surface area contributed by atoms with Gasteiger partial charge in [0.25, 0.3) is 0 Å². The number of ether oxygens (including phenoxy) is 5. The van der Waals surface area contributed by atoms with E-state index in [1.165, 1.54) is 0 Å². The number of aliphatic hydroxyl groups is 1. The molecule has 176 valence electrons. The third-order valence-electron chi connectivity index (χ3n) is 6.51. The van der Waals surface area contributed by atoms with Gasteiger partial charge in [-0.15, -0.1) is 0 Å². The van der Waals surface area contributed by atoms with Gasteiger partial charge in [-0.05, 0) is 47.1 Å². The van der Waals surface area contributed by atoms with Crippen LogP contribution in [-0.2, 0) is 19.8 Å². The van der Waals surface area contributed by atoms with Crippen molar-refractivity contribution >= 4 is 0 Å². The fourth-order valence-corrected chi connectivity index (χ4v) is 4.60. The fraction of sp³-hybridized carbons (Fsp3) is 0.296. The minimum atomic E-state index is -0.974. The summed E-state index contributed by atoms with van der Waals surface area (Å²) in [5, 5.41) is 10.7. The predicted molar refractivity (Wildman–Crippen MR) is 122 cm³/mol. The fourth-order valence-electron chi connectivity index (χ4n) is 4.60. The number of hydrogen-bond donors (Lipinski definition) is 1. The second-order valence-corrected chi connectivity index (χ2v) is 8.33. The van der Waals surface area contributed by atoms with Crippen LogP contribution >= 0.6 is 0 Å². The molecule has 7 heteroatoms. The van der Waals surface area contributed by atoms with E-state index in [-0.39, 0.29) is 44.3 Å². The molecule has 0 spiro atoms. The maximum atomic E-state index is 10.7. The minimum absolute atomic E-state index is 0. The van der Waals surface area contributed by atoms with Crippen LogP contribution in [-0.4, -0.2) is 50.3 Å². The van der Waals surface area contributed by atoms with Gasteiger partial charge >= 0.3 is 0 Å². The Kier molecular flexibility index (Phi) is 7.73. The van der Waals surface area contributed by atoms with Crippen molar-refractivity contribution in [2.75, 3.05) is 27.4 Å². The summed E-state index contributed by atoms with van der Waals surface area (Å²) in [7, 11) is 3.29. The Morgan fingerprint density at radius 1 is 0.882 bits per heavy atom. The summed E-state index contributed by atoms with van der Waals surface area (Å²) in [5.74, 6) is 1.51. The van der Waals surface area contributed by atoms with Crippen molar-refractivity contribution in [3.63, 3.8) is 0 Å². The van der Waals surface area contributed by atoms with Crippen LogP contribution in [0.3, 0.4) is 0 Å². The molecule has 1 unspecified atom stereocenters. The van der Waals surface area contributed by atoms with Gasteiger partial charge in [-0.25, -0.2) is 0 Å². The normalized spacial score (nSPS) is 23.4. The van der Waals surface area contributed by atoms with E-state index in [1.54, 1.807) is 20.8 Å². The molecule has 3 atom stereocenters. The number of methoxy groups -OCH3 is 2. The Bertz CT molecular complexity index is 1020. The Balaban J connectivity index is 0.00000274. The first-order chi connectivity index (χ1) is 16.1. The van der Waals surface area contributed by atoms with Crippen LogP contribution in [0.1, 0.15) is 16.7 Å². The zero-order chi connectivity index (χ0) is 22.9. The van der Waals surface area contributed by atoms with Gasteiger partial charge in [-0.1, -0.05) is 54.6 Å². The van der Waals surface area contributed by atoms with E-state index < -0.39 is 23.4 Å². The average molecular weight is 686 g/mol. The summed E-state index contributed by atoms with van der Waals surface area (Å²) in [6.07, 6.45) is -1.21. The number of benzene rings is 3. The monoisotopic (exact) mass is 685 g/mol. The third kappa shape index (κ3) is 4.30. The van der Waals surface area contributed by atoms with Gasteiger partial charge in [0.2, 0.25) is 0 Å². The van der Waals surface area contributed by atoms with Crippen LogP contribution in [0, 0.1) is 37.7 Å². The summed E-state index contributed by atoms with van der Waals surface area (Å²) >= 11 is 0. The zero-order valence-corrected chi connectivity index (χ0v) is 23.3. The largest absolute Gasteiger partial charge is 0.540 e. The van der Waals surface area contributed by atoms with Crippen LogP contribution in [0.4, 0.5) is 0 Å². The number of fused-ring (bicyclic) bond motifs is 2. The van der Waals surface area contributed by atoms with E-state index in [1.807, 2.05) is 78.9 Å². The molecule has 6 nitrogen and oxygen atoms in total. The summed E-state index contributed by atoms with van der Waals surface area (Å²) in [6, 6.07) is 25.7. The molecule has 0 radical (unpaired) electrons.